The highest BCUT2D eigenvalue weighted by atomic mass is 16.5. The molecule has 0 saturated heterocycles. The van der Waals surface area contributed by atoms with Crippen molar-refractivity contribution in [2.45, 2.75) is 12.8 Å². The van der Waals surface area contributed by atoms with E-state index in [-0.39, 0.29) is 0 Å². The summed E-state index contributed by atoms with van der Waals surface area (Å²) < 4.78 is 4.67. The van der Waals surface area contributed by atoms with Crippen LogP contribution in [-0.2, 0) is 17.6 Å². The quantitative estimate of drug-likeness (QED) is 0.289. The predicted octanol–water partition coefficient (Wildman–Crippen LogP) is 3.88. The fraction of sp³-hybridized carbons (Fsp3) is 0.120. The second-order valence-corrected chi connectivity index (χ2v) is 7.59. The Morgan fingerprint density at radius 1 is 1.06 bits per heavy atom. The molecule has 7 nitrogen and oxygen atoms in total. The minimum Gasteiger partial charge on any atom is -0.465 e. The molecule has 0 unspecified atom stereocenters. The second kappa shape index (κ2) is 8.11. The van der Waals surface area contributed by atoms with Crippen LogP contribution in [0.25, 0.3) is 22.0 Å². The Kier molecular flexibility index (Phi) is 4.99. The van der Waals surface area contributed by atoms with Crippen LogP contribution in [0.2, 0.25) is 0 Å². The highest BCUT2D eigenvalue weighted by Crippen LogP contribution is 2.36. The van der Waals surface area contributed by atoms with E-state index in [1.165, 1.54) is 29.8 Å². The number of nitrogens with zero attached hydrogens (tertiary/aromatic N) is 2. The average Bonchev–Trinajstić information content (AvgIpc) is 3.48. The predicted molar refractivity (Wildman–Crippen MR) is 122 cm³/mol. The maximum Gasteiger partial charge on any atom is 0.337 e. The molecular weight excluding hydrogens is 404 g/mol. The number of hydrogen-bond acceptors (Lipinski definition) is 5. The molecule has 0 saturated carbocycles. The van der Waals surface area contributed by atoms with Gasteiger partial charge in [-0.3, -0.25) is 9.89 Å². The Morgan fingerprint density at radius 2 is 1.84 bits per heavy atom. The van der Waals surface area contributed by atoms with Gasteiger partial charge >= 0.3 is 5.97 Å². The number of methoxy groups -OCH3 is 1. The summed E-state index contributed by atoms with van der Waals surface area (Å²) >= 11 is 0. The molecule has 3 aromatic carbocycles. The summed E-state index contributed by atoms with van der Waals surface area (Å²) in [4.78, 5) is 24.0. The zero-order chi connectivity index (χ0) is 22.1. The third-order valence-electron chi connectivity index (χ3n) is 5.69. The second-order valence-electron chi connectivity index (χ2n) is 7.59. The number of carbonyl (C=O) groups excluding carboxylic acids is 2. The summed E-state index contributed by atoms with van der Waals surface area (Å²) in [5.41, 5.74) is 8.43. The van der Waals surface area contributed by atoms with Crippen molar-refractivity contribution in [2.24, 2.45) is 5.10 Å². The molecular formula is C25H20N4O3. The zero-order valence-corrected chi connectivity index (χ0v) is 17.4. The SMILES string of the molecule is COC(=O)c1ccc(C=NNC(=O)c2cc(-c3ccc4c5c(cccc35)CC4)n[nH]2)cc1. The molecule has 1 aliphatic rings. The van der Waals surface area contributed by atoms with Gasteiger partial charge in [0.05, 0.1) is 24.6 Å². The number of aromatic nitrogens is 2. The van der Waals surface area contributed by atoms with E-state index in [1.54, 1.807) is 30.3 Å². The number of carbonyl (C=O) groups is 2. The van der Waals surface area contributed by atoms with Crippen molar-refractivity contribution >= 4 is 28.9 Å². The van der Waals surface area contributed by atoms with Gasteiger partial charge in [-0.25, -0.2) is 10.2 Å². The highest BCUT2D eigenvalue weighted by molar-refractivity contribution is 6.02. The fourth-order valence-corrected chi connectivity index (χ4v) is 4.09. The van der Waals surface area contributed by atoms with Crippen LogP contribution in [0.15, 0.2) is 65.8 Å². The van der Waals surface area contributed by atoms with E-state index in [1.807, 2.05) is 0 Å². The molecule has 0 spiro atoms. The lowest BCUT2D eigenvalue weighted by molar-refractivity contribution is 0.0600. The van der Waals surface area contributed by atoms with E-state index < -0.39 is 11.9 Å². The van der Waals surface area contributed by atoms with E-state index in [2.05, 4.69) is 55.8 Å². The molecule has 2 N–H and O–H groups in total. The number of ether oxygens (including phenoxy) is 1. The summed E-state index contributed by atoms with van der Waals surface area (Å²) in [6.07, 6.45) is 3.63. The smallest absolute Gasteiger partial charge is 0.337 e. The van der Waals surface area contributed by atoms with Crippen LogP contribution in [0, 0.1) is 0 Å². The number of H-pyrrole nitrogens is 1. The first-order valence-electron chi connectivity index (χ1n) is 10.2. The number of aromatic amines is 1. The van der Waals surface area contributed by atoms with Gasteiger partial charge in [0.15, 0.2) is 0 Å². The molecule has 0 atom stereocenters. The van der Waals surface area contributed by atoms with Crippen LogP contribution in [0.1, 0.15) is 37.5 Å². The fourth-order valence-electron chi connectivity index (χ4n) is 4.09. The standard InChI is InChI=1S/C25H20N4O3/c1-32-25(31)18-7-5-15(6-8-18)14-26-29-24(30)22-13-21(27-28-22)19-12-11-17-10-9-16-3-2-4-20(19)23(16)17/h2-8,11-14H,9-10H2,1H3,(H,27,28)(H,29,30). The molecule has 1 aromatic heterocycles. The monoisotopic (exact) mass is 424 g/mol. The van der Waals surface area contributed by atoms with E-state index in [0.29, 0.717) is 17.0 Å². The topological polar surface area (TPSA) is 96.4 Å². The molecule has 32 heavy (non-hydrogen) atoms. The number of hydrazone groups is 1. The maximum atomic E-state index is 12.5. The molecule has 1 amide bonds. The van der Waals surface area contributed by atoms with Gasteiger partial charge in [-0.05, 0) is 58.5 Å². The van der Waals surface area contributed by atoms with Crippen molar-refractivity contribution in [3.63, 3.8) is 0 Å². The van der Waals surface area contributed by atoms with Gasteiger partial charge in [-0.1, -0.05) is 42.5 Å². The first-order valence-corrected chi connectivity index (χ1v) is 10.2. The number of aryl methyl sites for hydroxylation is 2. The number of hydrogen-bond donors (Lipinski definition) is 2. The van der Waals surface area contributed by atoms with Crippen molar-refractivity contribution < 1.29 is 14.3 Å². The van der Waals surface area contributed by atoms with Gasteiger partial charge in [-0.15, -0.1) is 0 Å². The van der Waals surface area contributed by atoms with E-state index >= 15 is 0 Å². The third-order valence-corrected chi connectivity index (χ3v) is 5.69. The van der Waals surface area contributed by atoms with Gasteiger partial charge in [0.25, 0.3) is 5.91 Å². The number of esters is 1. The first kappa shape index (κ1) is 19.7. The minimum absolute atomic E-state index is 0.321. The van der Waals surface area contributed by atoms with Gasteiger partial charge < -0.3 is 4.74 Å². The molecule has 4 aromatic rings. The van der Waals surface area contributed by atoms with Crippen LogP contribution in [-0.4, -0.2) is 35.4 Å². The van der Waals surface area contributed by atoms with E-state index in [4.69, 9.17) is 0 Å². The van der Waals surface area contributed by atoms with Crippen molar-refractivity contribution in [1.29, 1.82) is 0 Å². The molecule has 0 aliphatic heterocycles. The minimum atomic E-state index is -0.405. The Morgan fingerprint density at radius 3 is 2.62 bits per heavy atom. The first-order chi connectivity index (χ1) is 15.6. The zero-order valence-electron chi connectivity index (χ0n) is 17.4. The Hall–Kier alpha value is -4.26. The lowest BCUT2D eigenvalue weighted by Gasteiger charge is -2.06. The molecule has 0 bridgehead atoms. The molecule has 1 heterocycles. The van der Waals surface area contributed by atoms with Gasteiger partial charge in [0.1, 0.15) is 5.69 Å². The van der Waals surface area contributed by atoms with Crippen molar-refractivity contribution in [3.05, 3.63) is 88.6 Å². The summed E-state index contributed by atoms with van der Waals surface area (Å²) in [6, 6.07) is 19.0. The Labute approximate surface area is 184 Å². The maximum absolute atomic E-state index is 12.5. The summed E-state index contributed by atoms with van der Waals surface area (Å²) in [5.74, 6) is -0.797. The number of nitrogens with one attached hydrogen (secondary N) is 2. The lowest BCUT2D eigenvalue weighted by atomic mass is 9.98. The van der Waals surface area contributed by atoms with Crippen LogP contribution in [0.4, 0.5) is 0 Å². The largest absolute Gasteiger partial charge is 0.465 e. The molecule has 5 rings (SSSR count). The molecule has 7 heteroatoms. The number of rotatable bonds is 5. The average molecular weight is 424 g/mol. The van der Waals surface area contributed by atoms with Crippen molar-refractivity contribution in [1.82, 2.24) is 15.6 Å². The van der Waals surface area contributed by atoms with Gasteiger partial charge in [-0.2, -0.15) is 10.2 Å². The third kappa shape index (κ3) is 3.54. The van der Waals surface area contributed by atoms with Crippen molar-refractivity contribution in [3.8, 4) is 11.3 Å². The van der Waals surface area contributed by atoms with Crippen LogP contribution < -0.4 is 5.43 Å². The normalized spacial score (nSPS) is 12.4. The van der Waals surface area contributed by atoms with E-state index in [9.17, 15) is 9.59 Å². The van der Waals surface area contributed by atoms with Crippen molar-refractivity contribution in [2.75, 3.05) is 7.11 Å². The van der Waals surface area contributed by atoms with Crippen LogP contribution in [0.3, 0.4) is 0 Å². The van der Waals surface area contributed by atoms with Crippen LogP contribution in [0.5, 0.6) is 0 Å². The highest BCUT2D eigenvalue weighted by Gasteiger charge is 2.18. The summed E-state index contributed by atoms with van der Waals surface area (Å²) in [5, 5.41) is 13.6. The van der Waals surface area contributed by atoms with Crippen LogP contribution >= 0.6 is 0 Å². The summed E-state index contributed by atoms with van der Waals surface area (Å²) in [7, 11) is 1.33. The van der Waals surface area contributed by atoms with E-state index in [0.717, 1.165) is 29.4 Å². The Bertz CT molecular complexity index is 1360. The summed E-state index contributed by atoms with van der Waals surface area (Å²) in [6.45, 7) is 0. The Balaban J connectivity index is 1.31. The molecule has 0 radical (unpaired) electrons. The molecule has 158 valence electrons. The van der Waals surface area contributed by atoms with Gasteiger partial charge in [0.2, 0.25) is 0 Å². The number of benzene rings is 3. The number of amides is 1. The molecule has 0 fully saturated rings. The molecule has 1 aliphatic carbocycles. The van der Waals surface area contributed by atoms with Gasteiger partial charge in [0, 0.05) is 5.56 Å². The lowest BCUT2D eigenvalue weighted by Crippen LogP contribution is -2.18.